The Hall–Kier alpha value is -2.60. The van der Waals surface area contributed by atoms with Crippen molar-refractivity contribution in [1.82, 2.24) is 14.6 Å². The fraction of sp³-hybridized carbons (Fsp3) is 0.333. The number of nitrogens with one attached hydrogen (secondary N) is 1. The summed E-state index contributed by atoms with van der Waals surface area (Å²) < 4.78 is 1.65. The molecule has 1 aliphatic rings. The highest BCUT2D eigenvalue weighted by Crippen LogP contribution is 2.21. The van der Waals surface area contributed by atoms with Crippen LogP contribution in [-0.4, -0.2) is 20.6 Å². The van der Waals surface area contributed by atoms with E-state index in [-0.39, 0.29) is 0 Å². The first-order chi connectivity index (χ1) is 11.7. The van der Waals surface area contributed by atoms with E-state index in [1.54, 1.807) is 23.0 Å². The molecule has 126 valence electrons. The van der Waals surface area contributed by atoms with Crippen molar-refractivity contribution < 1.29 is 0 Å². The zero-order valence-electron chi connectivity index (χ0n) is 13.7. The van der Waals surface area contributed by atoms with E-state index in [0.29, 0.717) is 11.9 Å². The van der Waals surface area contributed by atoms with Crippen molar-refractivity contribution in [3.63, 3.8) is 0 Å². The fourth-order valence-electron chi connectivity index (χ4n) is 2.84. The van der Waals surface area contributed by atoms with Gasteiger partial charge in [-0.1, -0.05) is 37.5 Å². The maximum atomic E-state index is 5.74. The molecule has 5 N–H and O–H groups in total. The summed E-state index contributed by atoms with van der Waals surface area (Å²) in [5.41, 5.74) is 14.0. The van der Waals surface area contributed by atoms with E-state index in [1.807, 2.05) is 30.3 Å². The number of rotatable bonds is 2. The quantitative estimate of drug-likeness (QED) is 0.672. The third-order valence-electron chi connectivity index (χ3n) is 4.08. The third kappa shape index (κ3) is 4.23. The Kier molecular flexibility index (Phi) is 5.28. The molecular formula is C18H24N6. The summed E-state index contributed by atoms with van der Waals surface area (Å²) in [7, 11) is 0. The second kappa shape index (κ2) is 7.79. The number of benzene rings is 1. The number of para-hydroxylation sites is 1. The molecule has 1 fully saturated rings. The maximum Gasteiger partial charge on any atom is 0.177 e. The zero-order valence-corrected chi connectivity index (χ0v) is 13.7. The summed E-state index contributed by atoms with van der Waals surface area (Å²) in [6.07, 6.45) is 10.1. The van der Waals surface area contributed by atoms with E-state index < -0.39 is 0 Å². The minimum Gasteiger partial charge on any atom is -0.382 e. The van der Waals surface area contributed by atoms with E-state index in [4.69, 9.17) is 11.5 Å². The maximum absolute atomic E-state index is 5.74. The van der Waals surface area contributed by atoms with Crippen molar-refractivity contribution in [1.29, 1.82) is 0 Å². The van der Waals surface area contributed by atoms with Gasteiger partial charge >= 0.3 is 0 Å². The molecule has 2 aromatic heterocycles. The van der Waals surface area contributed by atoms with Gasteiger partial charge in [0.25, 0.3) is 0 Å². The molecule has 1 aromatic carbocycles. The molecule has 1 aliphatic carbocycles. The molecule has 0 atom stereocenters. The van der Waals surface area contributed by atoms with Gasteiger partial charge < -0.3 is 16.8 Å². The molecule has 0 aliphatic heterocycles. The highest BCUT2D eigenvalue weighted by atomic mass is 15.3. The van der Waals surface area contributed by atoms with Gasteiger partial charge in [0.15, 0.2) is 5.65 Å². The summed E-state index contributed by atoms with van der Waals surface area (Å²) in [5, 5.41) is 7.40. The Bertz CT molecular complexity index is 762. The summed E-state index contributed by atoms with van der Waals surface area (Å²) in [6.45, 7) is 0. The minimum absolute atomic E-state index is 0.453. The van der Waals surface area contributed by atoms with Crippen LogP contribution in [0.2, 0.25) is 0 Å². The molecule has 0 amide bonds. The first-order valence-electron chi connectivity index (χ1n) is 8.40. The van der Waals surface area contributed by atoms with Crippen molar-refractivity contribution in [3.05, 3.63) is 48.8 Å². The monoisotopic (exact) mass is 324 g/mol. The summed E-state index contributed by atoms with van der Waals surface area (Å²) >= 11 is 0. The molecule has 0 unspecified atom stereocenters. The fourth-order valence-corrected chi connectivity index (χ4v) is 2.84. The number of nitrogens with two attached hydrogens (primary N) is 2. The van der Waals surface area contributed by atoms with Crippen LogP contribution in [-0.2, 0) is 0 Å². The highest BCUT2D eigenvalue weighted by Gasteiger charge is 2.06. The number of imidazole rings is 1. The summed E-state index contributed by atoms with van der Waals surface area (Å²) in [5.74, 6) is 0.453. The predicted molar refractivity (Wildman–Crippen MR) is 98.2 cm³/mol. The largest absolute Gasteiger partial charge is 0.382 e. The predicted octanol–water partition coefficient (Wildman–Crippen LogP) is 3.33. The van der Waals surface area contributed by atoms with Crippen LogP contribution in [0.25, 0.3) is 5.65 Å². The molecule has 1 saturated carbocycles. The second-order valence-electron chi connectivity index (χ2n) is 6.07. The van der Waals surface area contributed by atoms with Gasteiger partial charge in [0.2, 0.25) is 0 Å². The van der Waals surface area contributed by atoms with Crippen molar-refractivity contribution in [2.45, 2.75) is 38.1 Å². The average Bonchev–Trinajstić information content (AvgIpc) is 3.05. The number of aromatic nitrogens is 3. The van der Waals surface area contributed by atoms with Gasteiger partial charge in [-0.3, -0.25) is 0 Å². The lowest BCUT2D eigenvalue weighted by Gasteiger charge is -2.15. The van der Waals surface area contributed by atoms with Crippen LogP contribution >= 0.6 is 0 Å². The smallest absolute Gasteiger partial charge is 0.177 e. The lowest BCUT2D eigenvalue weighted by molar-refractivity contribution is 0.441. The van der Waals surface area contributed by atoms with Crippen molar-refractivity contribution in [3.8, 4) is 0 Å². The highest BCUT2D eigenvalue weighted by molar-refractivity contribution is 5.75. The van der Waals surface area contributed by atoms with Crippen LogP contribution in [0.3, 0.4) is 0 Å². The summed E-state index contributed by atoms with van der Waals surface area (Å²) in [6, 6.07) is 12.2. The number of hydrogen-bond acceptors (Lipinski definition) is 5. The normalized spacial score (nSPS) is 14.9. The van der Waals surface area contributed by atoms with Crippen LogP contribution in [0.15, 0.2) is 48.8 Å². The average molecular weight is 324 g/mol. The molecule has 0 spiro atoms. The first-order valence-corrected chi connectivity index (χ1v) is 8.40. The van der Waals surface area contributed by atoms with Crippen LogP contribution in [0.4, 0.5) is 17.2 Å². The van der Waals surface area contributed by atoms with E-state index in [0.717, 1.165) is 17.0 Å². The molecule has 2 heterocycles. The lowest BCUT2D eigenvalue weighted by atomic mass is 9.97. The van der Waals surface area contributed by atoms with E-state index >= 15 is 0 Å². The SMILES string of the molecule is NC1CCCCC1.Nc1cc(Nc2ccccc2)c2nccn2n1. The van der Waals surface area contributed by atoms with Gasteiger partial charge in [0.1, 0.15) is 5.82 Å². The molecule has 0 bridgehead atoms. The van der Waals surface area contributed by atoms with Gasteiger partial charge in [-0.15, -0.1) is 5.10 Å². The van der Waals surface area contributed by atoms with Crippen LogP contribution in [0.5, 0.6) is 0 Å². The van der Waals surface area contributed by atoms with Crippen molar-refractivity contribution >= 4 is 22.8 Å². The number of nitrogens with zero attached hydrogens (tertiary/aromatic N) is 3. The Balaban J connectivity index is 0.000000203. The van der Waals surface area contributed by atoms with Gasteiger partial charge in [-0.2, -0.15) is 0 Å². The number of fused-ring (bicyclic) bond motifs is 1. The van der Waals surface area contributed by atoms with E-state index in [1.165, 1.54) is 32.1 Å². The zero-order chi connectivity index (χ0) is 16.8. The van der Waals surface area contributed by atoms with Crippen molar-refractivity contribution in [2.75, 3.05) is 11.1 Å². The molecule has 0 saturated heterocycles. The van der Waals surface area contributed by atoms with E-state index in [2.05, 4.69) is 15.4 Å². The lowest BCUT2D eigenvalue weighted by Crippen LogP contribution is -2.22. The Morgan fingerprint density at radius 1 is 1.08 bits per heavy atom. The Labute approximate surface area is 141 Å². The molecule has 0 radical (unpaired) electrons. The Morgan fingerprint density at radius 2 is 1.83 bits per heavy atom. The second-order valence-corrected chi connectivity index (χ2v) is 6.07. The summed E-state index contributed by atoms with van der Waals surface area (Å²) in [4.78, 5) is 4.24. The topological polar surface area (TPSA) is 94.3 Å². The van der Waals surface area contributed by atoms with Gasteiger partial charge in [-0.25, -0.2) is 9.50 Å². The molecule has 6 nitrogen and oxygen atoms in total. The van der Waals surface area contributed by atoms with E-state index in [9.17, 15) is 0 Å². The molecular weight excluding hydrogens is 300 g/mol. The van der Waals surface area contributed by atoms with Gasteiger partial charge in [0.05, 0.1) is 5.69 Å². The number of nitrogen functional groups attached to an aromatic ring is 1. The molecule has 24 heavy (non-hydrogen) atoms. The van der Waals surface area contributed by atoms with Crippen molar-refractivity contribution in [2.24, 2.45) is 5.73 Å². The molecule has 6 heteroatoms. The minimum atomic E-state index is 0.453. The van der Waals surface area contributed by atoms with Gasteiger partial charge in [0, 0.05) is 30.2 Å². The first kappa shape index (κ1) is 16.3. The van der Waals surface area contributed by atoms with Crippen LogP contribution in [0.1, 0.15) is 32.1 Å². The molecule has 3 aromatic rings. The number of hydrogen-bond donors (Lipinski definition) is 3. The van der Waals surface area contributed by atoms with Crippen LogP contribution < -0.4 is 16.8 Å². The number of anilines is 3. The van der Waals surface area contributed by atoms with Crippen LogP contribution in [0, 0.1) is 0 Å². The Morgan fingerprint density at radius 3 is 2.50 bits per heavy atom. The molecule has 4 rings (SSSR count). The third-order valence-corrected chi connectivity index (χ3v) is 4.08. The standard InChI is InChI=1S/C12H11N5.C6H13N/c13-11-8-10(12-14-6-7-17(12)16-11)15-9-4-2-1-3-5-9;7-6-4-2-1-3-5-6/h1-8,15H,(H2,13,16);6H,1-5,7H2. The van der Waals surface area contributed by atoms with Gasteiger partial charge in [-0.05, 0) is 25.0 Å².